The lowest BCUT2D eigenvalue weighted by Gasteiger charge is -2.34. The van der Waals surface area contributed by atoms with Crippen LogP contribution in [0.1, 0.15) is 76.2 Å². The maximum Gasteiger partial charge on any atom is 0.261 e. The van der Waals surface area contributed by atoms with Crippen LogP contribution in [0.2, 0.25) is 0 Å². The summed E-state index contributed by atoms with van der Waals surface area (Å²) < 4.78 is 1.80. The molecular weight excluding hydrogens is 410 g/mol. The molecule has 4 rings (SSSR count). The third kappa shape index (κ3) is 5.02. The summed E-state index contributed by atoms with van der Waals surface area (Å²) >= 11 is 0. The highest BCUT2D eigenvalue weighted by Gasteiger charge is 2.33. The second-order valence-electron chi connectivity index (χ2n) is 9.15. The zero-order valence-electron chi connectivity index (χ0n) is 19.9. The SMILES string of the molecule is CCCCN(C(=O)C1CCCC1)C(CC)c1nc2ccccc2c(=O)n1Cc1ccccc1. The van der Waals surface area contributed by atoms with Crippen molar-refractivity contribution in [2.45, 2.75) is 71.4 Å². The predicted octanol–water partition coefficient (Wildman–Crippen LogP) is 5.71. The quantitative estimate of drug-likeness (QED) is 0.424. The normalized spacial score (nSPS) is 15.1. The topological polar surface area (TPSA) is 55.2 Å². The molecule has 0 saturated heterocycles. The number of para-hydroxylation sites is 1. The van der Waals surface area contributed by atoms with Crippen molar-refractivity contribution in [2.24, 2.45) is 5.92 Å². The van der Waals surface area contributed by atoms with Gasteiger partial charge in [-0.15, -0.1) is 0 Å². The van der Waals surface area contributed by atoms with E-state index in [4.69, 9.17) is 4.98 Å². The Morgan fingerprint density at radius 2 is 1.76 bits per heavy atom. The van der Waals surface area contributed by atoms with Crippen molar-refractivity contribution in [1.82, 2.24) is 14.5 Å². The molecule has 1 saturated carbocycles. The molecule has 1 aliphatic rings. The number of hydrogen-bond acceptors (Lipinski definition) is 3. The standard InChI is InChI=1S/C28H35N3O2/c1-3-5-19-30(27(32)22-15-9-10-16-22)25(4-2)26-29-24-18-12-11-17-23(24)28(33)31(26)20-21-13-7-6-8-14-21/h6-8,11-14,17-18,22,25H,3-5,9-10,15-16,19-20H2,1-2H3. The van der Waals surface area contributed by atoms with Crippen LogP contribution >= 0.6 is 0 Å². The van der Waals surface area contributed by atoms with Crippen molar-refractivity contribution in [3.63, 3.8) is 0 Å². The molecule has 2 aromatic carbocycles. The van der Waals surface area contributed by atoms with Gasteiger partial charge in [0.25, 0.3) is 5.56 Å². The number of carbonyl (C=O) groups is 1. The summed E-state index contributed by atoms with van der Waals surface area (Å²) in [6.45, 7) is 5.40. The van der Waals surface area contributed by atoms with E-state index in [9.17, 15) is 9.59 Å². The lowest BCUT2D eigenvalue weighted by atomic mass is 10.0. The van der Waals surface area contributed by atoms with E-state index in [0.29, 0.717) is 29.8 Å². The van der Waals surface area contributed by atoms with Gasteiger partial charge in [-0.3, -0.25) is 14.2 Å². The minimum Gasteiger partial charge on any atom is -0.332 e. The van der Waals surface area contributed by atoms with Crippen LogP contribution in [0.4, 0.5) is 0 Å². The Labute approximate surface area is 196 Å². The largest absolute Gasteiger partial charge is 0.332 e. The van der Waals surface area contributed by atoms with Crippen LogP contribution in [0.5, 0.6) is 0 Å². The molecule has 1 unspecified atom stereocenters. The zero-order chi connectivity index (χ0) is 23.2. The minimum absolute atomic E-state index is 0.0401. The van der Waals surface area contributed by atoms with Crippen molar-refractivity contribution in [2.75, 3.05) is 6.54 Å². The first kappa shape index (κ1) is 23.2. The van der Waals surface area contributed by atoms with Crippen molar-refractivity contribution >= 4 is 16.8 Å². The van der Waals surface area contributed by atoms with Gasteiger partial charge < -0.3 is 4.90 Å². The van der Waals surface area contributed by atoms with Crippen molar-refractivity contribution < 1.29 is 4.79 Å². The first-order valence-electron chi connectivity index (χ1n) is 12.5. The van der Waals surface area contributed by atoms with E-state index < -0.39 is 0 Å². The average Bonchev–Trinajstić information content (AvgIpc) is 3.39. The molecule has 5 nitrogen and oxygen atoms in total. The fourth-order valence-electron chi connectivity index (χ4n) is 5.06. The average molecular weight is 446 g/mol. The highest BCUT2D eigenvalue weighted by Crippen LogP contribution is 2.32. The molecule has 1 fully saturated rings. The van der Waals surface area contributed by atoms with Crippen LogP contribution < -0.4 is 5.56 Å². The van der Waals surface area contributed by atoms with Gasteiger partial charge in [0.2, 0.25) is 5.91 Å². The summed E-state index contributed by atoms with van der Waals surface area (Å²) in [6.07, 6.45) is 6.89. The van der Waals surface area contributed by atoms with Gasteiger partial charge in [0, 0.05) is 12.5 Å². The molecule has 1 amide bonds. The molecule has 1 aromatic heterocycles. The maximum absolute atomic E-state index is 13.7. The number of amides is 1. The molecule has 33 heavy (non-hydrogen) atoms. The molecule has 174 valence electrons. The Hall–Kier alpha value is -2.95. The molecule has 1 aliphatic carbocycles. The van der Waals surface area contributed by atoms with Crippen molar-refractivity contribution in [1.29, 1.82) is 0 Å². The molecule has 0 radical (unpaired) electrons. The van der Waals surface area contributed by atoms with E-state index in [2.05, 4.69) is 13.8 Å². The van der Waals surface area contributed by atoms with Gasteiger partial charge >= 0.3 is 0 Å². The van der Waals surface area contributed by atoms with E-state index in [0.717, 1.165) is 50.5 Å². The molecule has 0 spiro atoms. The second-order valence-corrected chi connectivity index (χ2v) is 9.15. The summed E-state index contributed by atoms with van der Waals surface area (Å²) in [7, 11) is 0. The summed E-state index contributed by atoms with van der Waals surface area (Å²) in [4.78, 5) is 34.4. The molecule has 0 bridgehead atoms. The minimum atomic E-state index is -0.217. The van der Waals surface area contributed by atoms with Gasteiger partial charge in [-0.2, -0.15) is 0 Å². The van der Waals surface area contributed by atoms with Crippen LogP contribution in [0, 0.1) is 5.92 Å². The van der Waals surface area contributed by atoms with Gasteiger partial charge in [-0.1, -0.05) is 75.6 Å². The summed E-state index contributed by atoms with van der Waals surface area (Å²) in [5.41, 5.74) is 1.71. The number of fused-ring (bicyclic) bond motifs is 1. The summed E-state index contributed by atoms with van der Waals surface area (Å²) in [5, 5.41) is 0.620. The lowest BCUT2D eigenvalue weighted by molar-refractivity contribution is -0.138. The molecule has 0 aliphatic heterocycles. The van der Waals surface area contributed by atoms with Gasteiger partial charge in [0.05, 0.1) is 23.5 Å². The number of aromatic nitrogens is 2. The smallest absolute Gasteiger partial charge is 0.261 e. The molecule has 0 N–H and O–H groups in total. The Morgan fingerprint density at radius 3 is 2.45 bits per heavy atom. The number of benzene rings is 2. The van der Waals surface area contributed by atoms with Gasteiger partial charge in [-0.05, 0) is 43.4 Å². The molecule has 5 heteroatoms. The number of nitrogens with zero attached hydrogens (tertiary/aromatic N) is 3. The fourth-order valence-corrected chi connectivity index (χ4v) is 5.06. The molecule has 3 aromatic rings. The fraction of sp³-hybridized carbons (Fsp3) is 0.464. The maximum atomic E-state index is 13.7. The van der Waals surface area contributed by atoms with E-state index in [-0.39, 0.29) is 23.4 Å². The third-order valence-electron chi connectivity index (χ3n) is 6.88. The number of rotatable bonds is 9. The van der Waals surface area contributed by atoms with Crippen LogP contribution in [-0.4, -0.2) is 26.9 Å². The van der Waals surface area contributed by atoms with Crippen LogP contribution in [-0.2, 0) is 11.3 Å². The van der Waals surface area contributed by atoms with E-state index in [1.807, 2.05) is 59.5 Å². The molecule has 1 heterocycles. The van der Waals surface area contributed by atoms with Crippen molar-refractivity contribution in [3.05, 3.63) is 76.3 Å². The summed E-state index contributed by atoms with van der Waals surface area (Å²) in [5.74, 6) is 1.04. The summed E-state index contributed by atoms with van der Waals surface area (Å²) in [6, 6.07) is 17.3. The lowest BCUT2D eigenvalue weighted by Crippen LogP contribution is -2.42. The van der Waals surface area contributed by atoms with Crippen LogP contribution in [0.15, 0.2) is 59.4 Å². The van der Waals surface area contributed by atoms with Gasteiger partial charge in [0.1, 0.15) is 5.82 Å². The Morgan fingerprint density at radius 1 is 1.06 bits per heavy atom. The number of unbranched alkanes of at least 4 members (excludes halogenated alkanes) is 1. The van der Waals surface area contributed by atoms with Crippen molar-refractivity contribution in [3.8, 4) is 0 Å². The predicted molar refractivity (Wildman–Crippen MR) is 133 cm³/mol. The van der Waals surface area contributed by atoms with Crippen LogP contribution in [0.25, 0.3) is 10.9 Å². The van der Waals surface area contributed by atoms with Gasteiger partial charge in [0.15, 0.2) is 0 Å². The monoisotopic (exact) mass is 445 g/mol. The number of hydrogen-bond donors (Lipinski definition) is 0. The van der Waals surface area contributed by atoms with Gasteiger partial charge in [-0.25, -0.2) is 4.98 Å². The third-order valence-corrected chi connectivity index (χ3v) is 6.88. The number of carbonyl (C=O) groups excluding carboxylic acids is 1. The first-order valence-corrected chi connectivity index (χ1v) is 12.5. The highest BCUT2D eigenvalue weighted by molar-refractivity contribution is 5.80. The van der Waals surface area contributed by atoms with E-state index >= 15 is 0 Å². The molecule has 1 atom stereocenters. The van der Waals surface area contributed by atoms with E-state index in [1.165, 1.54) is 0 Å². The highest BCUT2D eigenvalue weighted by atomic mass is 16.2. The second kappa shape index (κ2) is 10.8. The molecular formula is C28H35N3O2. The van der Waals surface area contributed by atoms with Crippen LogP contribution in [0.3, 0.4) is 0 Å². The zero-order valence-corrected chi connectivity index (χ0v) is 19.9. The van der Waals surface area contributed by atoms with E-state index in [1.54, 1.807) is 4.57 Å². The first-order chi connectivity index (χ1) is 16.1. The Balaban J connectivity index is 1.83. The Bertz CT molecular complexity index is 1130. The Kier molecular flexibility index (Phi) is 7.58.